The summed E-state index contributed by atoms with van der Waals surface area (Å²) >= 11 is 0. The molecule has 32 heavy (non-hydrogen) atoms. The zero-order chi connectivity index (χ0) is 22.1. The van der Waals surface area contributed by atoms with Crippen LogP contribution in [0.2, 0.25) is 0 Å². The molecule has 2 aromatic heterocycles. The van der Waals surface area contributed by atoms with Gasteiger partial charge in [0.05, 0.1) is 5.52 Å². The van der Waals surface area contributed by atoms with Crippen LogP contribution in [0.5, 0.6) is 0 Å². The molecule has 158 valence electrons. The Morgan fingerprint density at radius 3 is 2.69 bits per heavy atom. The van der Waals surface area contributed by atoms with Crippen LogP contribution in [0.4, 0.5) is 10.1 Å². The second-order valence-corrected chi connectivity index (χ2v) is 7.37. The third kappa shape index (κ3) is 3.85. The van der Waals surface area contributed by atoms with Gasteiger partial charge < -0.3 is 9.84 Å². The van der Waals surface area contributed by atoms with Crippen molar-refractivity contribution in [2.75, 3.05) is 5.32 Å². The first-order valence-corrected chi connectivity index (χ1v) is 9.99. The van der Waals surface area contributed by atoms with Crippen molar-refractivity contribution in [2.24, 2.45) is 0 Å². The number of halogens is 1. The lowest BCUT2D eigenvalue weighted by atomic mass is 10.1. The maximum absolute atomic E-state index is 13.1. The summed E-state index contributed by atoms with van der Waals surface area (Å²) in [6.07, 6.45) is 0. The van der Waals surface area contributed by atoms with Crippen molar-refractivity contribution in [1.29, 1.82) is 0 Å². The van der Waals surface area contributed by atoms with E-state index in [1.54, 1.807) is 4.68 Å². The topological polar surface area (TPSA) is 85.8 Å². The number of fused-ring (bicyclic) bond motifs is 1. The molecular weight excluding hydrogens is 409 g/mol. The van der Waals surface area contributed by atoms with E-state index in [1.807, 2.05) is 55.5 Å². The molecule has 0 spiro atoms. The van der Waals surface area contributed by atoms with E-state index < -0.39 is 0 Å². The van der Waals surface area contributed by atoms with Gasteiger partial charge in [0.15, 0.2) is 5.69 Å². The van der Waals surface area contributed by atoms with Gasteiger partial charge in [0, 0.05) is 16.6 Å². The van der Waals surface area contributed by atoms with Crippen LogP contribution >= 0.6 is 0 Å². The molecule has 0 radical (unpaired) electrons. The number of nitrogens with one attached hydrogen (secondary N) is 1. The Hall–Kier alpha value is -4.33. The Morgan fingerprint density at radius 1 is 1.06 bits per heavy atom. The highest BCUT2D eigenvalue weighted by molar-refractivity contribution is 5.94. The number of nitrogens with zero attached hydrogens (tertiary/aromatic N) is 4. The number of anilines is 1. The highest BCUT2D eigenvalue weighted by Gasteiger charge is 2.19. The number of carbonyl (C=O) groups is 1. The Balaban J connectivity index is 1.45. The van der Waals surface area contributed by atoms with Gasteiger partial charge in [-0.05, 0) is 43.3 Å². The largest absolute Gasteiger partial charge is 0.332 e. The van der Waals surface area contributed by atoms with E-state index in [1.165, 1.54) is 24.3 Å². The number of hydrogen-bond acceptors (Lipinski definition) is 5. The van der Waals surface area contributed by atoms with Crippen LogP contribution in [0.25, 0.3) is 33.9 Å². The molecule has 0 unspecified atom stereocenters. The standard InChI is InChI=1S/C24H18FN5O2/c1-15-5-4-6-16(13-15)23-27-24(32-29-23)22-19-7-2-3-8-20(19)30(28-22)14-21(31)26-18-11-9-17(25)10-12-18/h2-13H,14H2,1H3,(H,26,31). The summed E-state index contributed by atoms with van der Waals surface area (Å²) in [4.78, 5) is 17.1. The molecule has 2 heterocycles. The second-order valence-electron chi connectivity index (χ2n) is 7.37. The molecule has 8 heteroatoms. The minimum Gasteiger partial charge on any atom is -0.332 e. The molecule has 3 aromatic carbocycles. The van der Waals surface area contributed by atoms with E-state index in [4.69, 9.17) is 4.52 Å². The first-order valence-electron chi connectivity index (χ1n) is 9.99. The molecule has 0 aliphatic carbocycles. The first-order chi connectivity index (χ1) is 15.6. The molecule has 0 saturated heterocycles. The number of amides is 1. The molecule has 1 N–H and O–H groups in total. The van der Waals surface area contributed by atoms with Crippen LogP contribution in [0, 0.1) is 12.7 Å². The van der Waals surface area contributed by atoms with Crippen molar-refractivity contribution in [3.63, 3.8) is 0 Å². The molecule has 0 aliphatic heterocycles. The predicted octanol–water partition coefficient (Wildman–Crippen LogP) is 4.84. The van der Waals surface area contributed by atoms with Gasteiger partial charge in [-0.25, -0.2) is 4.39 Å². The van der Waals surface area contributed by atoms with E-state index in [2.05, 4.69) is 20.6 Å². The Morgan fingerprint density at radius 2 is 1.88 bits per heavy atom. The molecule has 0 saturated carbocycles. The van der Waals surface area contributed by atoms with Crippen LogP contribution in [-0.2, 0) is 11.3 Å². The maximum Gasteiger partial charge on any atom is 0.279 e. The van der Waals surface area contributed by atoms with Gasteiger partial charge in [-0.15, -0.1) is 0 Å². The van der Waals surface area contributed by atoms with Crippen molar-refractivity contribution in [3.05, 3.63) is 84.2 Å². The predicted molar refractivity (Wildman–Crippen MR) is 118 cm³/mol. The average Bonchev–Trinajstić information content (AvgIpc) is 3.41. The van der Waals surface area contributed by atoms with Gasteiger partial charge in [-0.2, -0.15) is 10.1 Å². The summed E-state index contributed by atoms with van der Waals surface area (Å²) in [5.41, 5.74) is 3.71. The SMILES string of the molecule is Cc1cccc(-c2noc(-c3nn(CC(=O)Nc4ccc(F)cc4)c4ccccc34)n2)c1. The minimum absolute atomic E-state index is 0.0310. The number of aromatic nitrogens is 4. The Labute approximate surface area is 182 Å². The molecule has 1 amide bonds. The van der Waals surface area contributed by atoms with Crippen LogP contribution in [0.1, 0.15) is 5.56 Å². The molecule has 0 bridgehead atoms. The van der Waals surface area contributed by atoms with E-state index in [9.17, 15) is 9.18 Å². The van der Waals surface area contributed by atoms with E-state index in [-0.39, 0.29) is 24.2 Å². The highest BCUT2D eigenvalue weighted by Crippen LogP contribution is 2.28. The molecule has 5 rings (SSSR count). The van der Waals surface area contributed by atoms with Crippen LogP contribution in [-0.4, -0.2) is 25.8 Å². The minimum atomic E-state index is -0.365. The quantitative estimate of drug-likeness (QED) is 0.434. The number of para-hydroxylation sites is 1. The van der Waals surface area contributed by atoms with Crippen molar-refractivity contribution >= 4 is 22.5 Å². The van der Waals surface area contributed by atoms with Crippen molar-refractivity contribution < 1.29 is 13.7 Å². The van der Waals surface area contributed by atoms with Crippen LogP contribution < -0.4 is 5.32 Å². The van der Waals surface area contributed by atoms with Gasteiger partial charge in [0.1, 0.15) is 12.4 Å². The van der Waals surface area contributed by atoms with E-state index >= 15 is 0 Å². The number of carbonyl (C=O) groups excluding carboxylic acids is 1. The van der Waals surface area contributed by atoms with Gasteiger partial charge in [-0.1, -0.05) is 47.1 Å². The molecule has 0 fully saturated rings. The number of rotatable bonds is 5. The molecular formula is C24H18FN5O2. The summed E-state index contributed by atoms with van der Waals surface area (Å²) in [6.45, 7) is 1.97. The number of hydrogen-bond donors (Lipinski definition) is 1. The van der Waals surface area contributed by atoms with Crippen LogP contribution in [0.15, 0.2) is 77.3 Å². The molecule has 7 nitrogen and oxygen atoms in total. The lowest BCUT2D eigenvalue weighted by Gasteiger charge is -2.06. The van der Waals surface area contributed by atoms with E-state index in [0.29, 0.717) is 17.2 Å². The Bertz CT molecular complexity index is 1420. The third-order valence-electron chi connectivity index (χ3n) is 4.98. The van der Waals surface area contributed by atoms with Crippen LogP contribution in [0.3, 0.4) is 0 Å². The number of benzene rings is 3. The van der Waals surface area contributed by atoms with Gasteiger partial charge in [-0.3, -0.25) is 9.48 Å². The fourth-order valence-corrected chi connectivity index (χ4v) is 3.50. The summed E-state index contributed by atoms with van der Waals surface area (Å²) in [5, 5.41) is 12.2. The van der Waals surface area contributed by atoms with Crippen molar-refractivity contribution in [2.45, 2.75) is 13.5 Å². The summed E-state index contributed by atoms with van der Waals surface area (Å²) in [5.74, 6) is 0.0875. The summed E-state index contributed by atoms with van der Waals surface area (Å²) in [6, 6.07) is 20.9. The third-order valence-corrected chi connectivity index (χ3v) is 4.98. The monoisotopic (exact) mass is 427 g/mol. The summed E-state index contributed by atoms with van der Waals surface area (Å²) in [7, 11) is 0. The summed E-state index contributed by atoms with van der Waals surface area (Å²) < 4.78 is 20.2. The number of aryl methyl sites for hydroxylation is 1. The fourth-order valence-electron chi connectivity index (χ4n) is 3.50. The fraction of sp³-hybridized carbons (Fsp3) is 0.0833. The zero-order valence-corrected chi connectivity index (χ0v) is 17.1. The Kier molecular flexibility index (Phi) is 4.95. The lowest BCUT2D eigenvalue weighted by Crippen LogP contribution is -2.19. The second kappa shape index (κ2) is 8.07. The average molecular weight is 427 g/mol. The highest BCUT2D eigenvalue weighted by atomic mass is 19.1. The smallest absolute Gasteiger partial charge is 0.279 e. The van der Waals surface area contributed by atoms with Gasteiger partial charge in [0.25, 0.3) is 5.89 Å². The zero-order valence-electron chi connectivity index (χ0n) is 17.1. The lowest BCUT2D eigenvalue weighted by molar-refractivity contribution is -0.116. The molecule has 0 aliphatic rings. The molecule has 0 atom stereocenters. The normalized spacial score (nSPS) is 11.1. The first kappa shape index (κ1) is 19.6. The maximum atomic E-state index is 13.1. The van der Waals surface area contributed by atoms with Gasteiger partial charge >= 0.3 is 0 Å². The van der Waals surface area contributed by atoms with Crippen molar-refractivity contribution in [3.8, 4) is 23.0 Å². The van der Waals surface area contributed by atoms with E-state index in [0.717, 1.165) is 22.0 Å². The van der Waals surface area contributed by atoms with Crippen molar-refractivity contribution in [1.82, 2.24) is 19.9 Å². The molecule has 5 aromatic rings. The van der Waals surface area contributed by atoms with Gasteiger partial charge in [0.2, 0.25) is 11.7 Å².